The van der Waals surface area contributed by atoms with Crippen LogP contribution < -0.4 is 10.9 Å². The molecule has 144 valence electrons. The minimum absolute atomic E-state index is 0.0224. The molecule has 2 rings (SSSR count). The molecule has 2 aromatic rings. The fourth-order valence-electron chi connectivity index (χ4n) is 3.62. The van der Waals surface area contributed by atoms with Gasteiger partial charge in [0.05, 0.1) is 5.69 Å². The highest BCUT2D eigenvalue weighted by Gasteiger charge is 2.16. The number of fused-ring (bicyclic) bond motifs is 1. The molecule has 0 fully saturated rings. The molecule has 0 aliphatic carbocycles. The van der Waals surface area contributed by atoms with Gasteiger partial charge in [-0.05, 0) is 45.8 Å². The highest BCUT2D eigenvalue weighted by molar-refractivity contribution is 5.83. The van der Waals surface area contributed by atoms with Crippen molar-refractivity contribution in [2.24, 2.45) is 7.05 Å². The number of rotatable bonds is 8. The molecule has 26 heavy (non-hydrogen) atoms. The maximum Gasteiger partial charge on any atom is 0.253 e. The molecule has 1 atom stereocenters. The third-order valence-electron chi connectivity index (χ3n) is 5.19. The number of aromatic nitrogens is 3. The van der Waals surface area contributed by atoms with Gasteiger partial charge >= 0.3 is 0 Å². The Morgan fingerprint density at radius 1 is 1.31 bits per heavy atom. The van der Waals surface area contributed by atoms with Crippen LogP contribution in [0.4, 0.5) is 0 Å². The van der Waals surface area contributed by atoms with Crippen LogP contribution in [0.15, 0.2) is 4.79 Å². The molecular weight excluding hydrogens is 330 g/mol. The van der Waals surface area contributed by atoms with Gasteiger partial charge in [-0.3, -0.25) is 19.2 Å². The van der Waals surface area contributed by atoms with Gasteiger partial charge in [0, 0.05) is 37.0 Å². The van der Waals surface area contributed by atoms with Gasteiger partial charge in [0.15, 0.2) is 0 Å². The Morgan fingerprint density at radius 2 is 1.96 bits per heavy atom. The molecule has 2 N–H and O–H groups in total. The Bertz CT molecular complexity index is 833. The Kier molecular flexibility index (Phi) is 6.58. The lowest BCUT2D eigenvalue weighted by atomic mass is 10.0. The lowest BCUT2D eigenvalue weighted by Crippen LogP contribution is -2.42. The number of nitrogens with one attached hydrogen (secondary N) is 2. The van der Waals surface area contributed by atoms with Crippen LogP contribution in [0.1, 0.15) is 44.0 Å². The van der Waals surface area contributed by atoms with Crippen LogP contribution in [0.5, 0.6) is 0 Å². The lowest BCUT2D eigenvalue weighted by Gasteiger charge is -2.26. The van der Waals surface area contributed by atoms with Gasteiger partial charge in [0.2, 0.25) is 5.91 Å². The predicted molar refractivity (Wildman–Crippen MR) is 105 cm³/mol. The summed E-state index contributed by atoms with van der Waals surface area (Å²) < 4.78 is 1.68. The number of pyridine rings is 1. The van der Waals surface area contributed by atoms with Crippen molar-refractivity contribution in [2.75, 3.05) is 19.6 Å². The van der Waals surface area contributed by atoms with Gasteiger partial charge in [-0.25, -0.2) is 0 Å². The quantitative estimate of drug-likeness (QED) is 0.749. The summed E-state index contributed by atoms with van der Waals surface area (Å²) in [6.45, 7) is 12.8. The topological polar surface area (TPSA) is 83.0 Å². The van der Waals surface area contributed by atoms with Gasteiger partial charge in [0.1, 0.15) is 5.65 Å². The van der Waals surface area contributed by atoms with E-state index >= 15 is 0 Å². The zero-order valence-electron chi connectivity index (χ0n) is 16.8. The van der Waals surface area contributed by atoms with Crippen molar-refractivity contribution in [3.63, 3.8) is 0 Å². The molecule has 2 heterocycles. The van der Waals surface area contributed by atoms with E-state index in [9.17, 15) is 9.59 Å². The monoisotopic (exact) mass is 361 g/mol. The number of hydrogen-bond acceptors (Lipinski definition) is 4. The molecule has 1 unspecified atom stereocenters. The molecule has 2 aromatic heterocycles. The van der Waals surface area contributed by atoms with Crippen molar-refractivity contribution in [3.05, 3.63) is 27.2 Å². The van der Waals surface area contributed by atoms with Crippen LogP contribution in [-0.2, 0) is 18.3 Å². The summed E-state index contributed by atoms with van der Waals surface area (Å²) in [4.78, 5) is 29.8. The van der Waals surface area contributed by atoms with Gasteiger partial charge in [-0.2, -0.15) is 5.10 Å². The zero-order chi connectivity index (χ0) is 19.4. The van der Waals surface area contributed by atoms with E-state index in [1.807, 2.05) is 20.9 Å². The summed E-state index contributed by atoms with van der Waals surface area (Å²) >= 11 is 0. The highest BCUT2D eigenvalue weighted by Crippen LogP contribution is 2.21. The van der Waals surface area contributed by atoms with Crippen molar-refractivity contribution in [1.29, 1.82) is 0 Å². The second-order valence-electron chi connectivity index (χ2n) is 6.86. The van der Waals surface area contributed by atoms with Crippen LogP contribution in [-0.4, -0.2) is 51.2 Å². The Labute approximate surface area is 154 Å². The van der Waals surface area contributed by atoms with Crippen molar-refractivity contribution in [2.45, 2.75) is 53.5 Å². The predicted octanol–water partition coefficient (Wildman–Crippen LogP) is 1.66. The SMILES string of the molecule is CCN(CC)C(C)CNC(=O)CCc1c(C)c2c(C)nn(C)c2[nH]c1=O. The first-order valence-electron chi connectivity index (χ1n) is 9.35. The molecule has 0 bridgehead atoms. The standard InChI is InChI=1S/C19H31N5O2/c1-7-24(8-2)12(3)11-20-16(25)10-9-15-13(4)17-14(5)22-23(6)18(17)21-19(15)26/h12H,7-11H2,1-6H3,(H,20,25)(H,21,26). The summed E-state index contributed by atoms with van der Waals surface area (Å²) in [6, 6.07) is 0.300. The van der Waals surface area contributed by atoms with Gasteiger partial charge in [0.25, 0.3) is 5.56 Å². The molecule has 0 radical (unpaired) electrons. The van der Waals surface area contributed by atoms with E-state index in [4.69, 9.17) is 0 Å². The van der Waals surface area contributed by atoms with E-state index in [-0.39, 0.29) is 11.5 Å². The largest absolute Gasteiger partial charge is 0.355 e. The summed E-state index contributed by atoms with van der Waals surface area (Å²) in [6.07, 6.45) is 0.733. The summed E-state index contributed by atoms with van der Waals surface area (Å²) in [5.41, 5.74) is 3.06. The molecule has 0 aliphatic heterocycles. The average Bonchev–Trinajstić information content (AvgIpc) is 2.87. The van der Waals surface area contributed by atoms with Gasteiger partial charge in [-0.15, -0.1) is 0 Å². The molecule has 0 saturated heterocycles. The average molecular weight is 361 g/mol. The maximum absolute atomic E-state index is 12.4. The third-order valence-corrected chi connectivity index (χ3v) is 5.19. The highest BCUT2D eigenvalue weighted by atomic mass is 16.1. The van der Waals surface area contributed by atoms with E-state index in [0.29, 0.717) is 31.0 Å². The number of aromatic amines is 1. The van der Waals surface area contributed by atoms with Crippen LogP contribution >= 0.6 is 0 Å². The Balaban J connectivity index is 2.04. The maximum atomic E-state index is 12.4. The van der Waals surface area contributed by atoms with Crippen LogP contribution in [0.25, 0.3) is 11.0 Å². The van der Waals surface area contributed by atoms with Crippen LogP contribution in [0.2, 0.25) is 0 Å². The Morgan fingerprint density at radius 3 is 2.58 bits per heavy atom. The van der Waals surface area contributed by atoms with E-state index in [1.165, 1.54) is 0 Å². The minimum Gasteiger partial charge on any atom is -0.355 e. The Hall–Kier alpha value is -2.15. The normalized spacial score (nSPS) is 12.7. The minimum atomic E-state index is -0.137. The first kappa shape index (κ1) is 20.2. The van der Waals surface area contributed by atoms with Gasteiger partial charge in [-0.1, -0.05) is 13.8 Å². The number of aryl methyl sites for hydroxylation is 3. The van der Waals surface area contributed by atoms with Crippen molar-refractivity contribution >= 4 is 16.9 Å². The number of carbonyl (C=O) groups excluding carboxylic acids is 1. The number of nitrogens with zero attached hydrogens (tertiary/aromatic N) is 3. The molecular formula is C19H31N5O2. The lowest BCUT2D eigenvalue weighted by molar-refractivity contribution is -0.121. The molecule has 7 heteroatoms. The van der Waals surface area contributed by atoms with E-state index in [2.05, 4.69) is 41.1 Å². The number of amides is 1. The molecule has 0 aromatic carbocycles. The fourth-order valence-corrected chi connectivity index (χ4v) is 3.62. The van der Waals surface area contributed by atoms with E-state index in [0.717, 1.165) is 35.4 Å². The molecule has 1 amide bonds. The summed E-state index contributed by atoms with van der Waals surface area (Å²) in [7, 11) is 1.81. The van der Waals surface area contributed by atoms with Crippen molar-refractivity contribution in [1.82, 2.24) is 25.0 Å². The first-order chi connectivity index (χ1) is 12.3. The number of carbonyl (C=O) groups is 1. The van der Waals surface area contributed by atoms with Crippen LogP contribution in [0, 0.1) is 13.8 Å². The molecule has 7 nitrogen and oxygen atoms in total. The number of H-pyrrole nitrogens is 1. The van der Waals surface area contributed by atoms with Gasteiger partial charge < -0.3 is 10.3 Å². The van der Waals surface area contributed by atoms with E-state index < -0.39 is 0 Å². The van der Waals surface area contributed by atoms with Crippen molar-refractivity contribution < 1.29 is 4.79 Å². The molecule has 0 aliphatic rings. The van der Waals surface area contributed by atoms with E-state index in [1.54, 1.807) is 4.68 Å². The summed E-state index contributed by atoms with van der Waals surface area (Å²) in [5, 5.41) is 8.33. The van der Waals surface area contributed by atoms with Crippen LogP contribution in [0.3, 0.4) is 0 Å². The fraction of sp³-hybridized carbons (Fsp3) is 0.632. The third kappa shape index (κ3) is 4.15. The smallest absolute Gasteiger partial charge is 0.253 e. The first-order valence-corrected chi connectivity index (χ1v) is 9.35. The molecule has 0 spiro atoms. The second-order valence-corrected chi connectivity index (χ2v) is 6.86. The second kappa shape index (κ2) is 8.49. The zero-order valence-corrected chi connectivity index (χ0v) is 16.8. The molecule has 0 saturated carbocycles. The van der Waals surface area contributed by atoms with Crippen molar-refractivity contribution in [3.8, 4) is 0 Å². The number of hydrogen-bond donors (Lipinski definition) is 2. The summed E-state index contributed by atoms with van der Waals surface area (Å²) in [5.74, 6) is -0.0224. The number of likely N-dealkylation sites (N-methyl/N-ethyl adjacent to an activating group) is 1.